The van der Waals surface area contributed by atoms with Gasteiger partial charge in [-0.05, 0) is 30.6 Å². The molecule has 0 N–H and O–H groups in total. The zero-order valence-electron chi connectivity index (χ0n) is 12.0. The average molecular weight is 477 g/mol. The van der Waals surface area contributed by atoms with Crippen LogP contribution in [0.2, 0.25) is 0 Å². The van der Waals surface area contributed by atoms with Crippen molar-refractivity contribution < 1.29 is 4.79 Å². The van der Waals surface area contributed by atoms with E-state index in [0.29, 0.717) is 11.1 Å². The van der Waals surface area contributed by atoms with Crippen molar-refractivity contribution >= 4 is 53.6 Å². The number of aryl methyl sites for hydroxylation is 1. The number of Topliss-reactive ketones (excluding diaryl/α,β-unsaturated/α-hetero) is 1. The van der Waals surface area contributed by atoms with Gasteiger partial charge in [0, 0.05) is 15.6 Å². The first-order valence-corrected chi connectivity index (χ1v) is 9.17. The molecular formula is C17H17Br3O. The Kier molecular flexibility index (Phi) is 7.85. The molecule has 0 bridgehead atoms. The summed E-state index contributed by atoms with van der Waals surface area (Å²) in [5.74, 6) is -0.00299. The van der Waals surface area contributed by atoms with Gasteiger partial charge in [0.05, 0.1) is 3.74 Å². The molecular weight excluding hydrogens is 460 g/mol. The summed E-state index contributed by atoms with van der Waals surface area (Å²) in [5, 5.41) is 0. The Morgan fingerprint density at radius 1 is 1.29 bits per heavy atom. The molecule has 0 amide bonds. The van der Waals surface area contributed by atoms with Crippen LogP contribution in [0.5, 0.6) is 0 Å². The Morgan fingerprint density at radius 3 is 2.29 bits per heavy atom. The second kappa shape index (κ2) is 8.86. The van der Waals surface area contributed by atoms with E-state index in [0.717, 1.165) is 16.5 Å². The van der Waals surface area contributed by atoms with E-state index < -0.39 is 0 Å². The highest BCUT2D eigenvalue weighted by Crippen LogP contribution is 2.27. The second-order valence-electron chi connectivity index (χ2n) is 4.45. The molecule has 112 valence electrons. The van der Waals surface area contributed by atoms with Crippen LogP contribution in [0.1, 0.15) is 29.8 Å². The fourth-order valence-corrected chi connectivity index (χ4v) is 2.70. The molecule has 21 heavy (non-hydrogen) atoms. The van der Waals surface area contributed by atoms with Crippen LogP contribution in [-0.4, -0.2) is 9.52 Å². The molecule has 0 aromatic heterocycles. The molecule has 0 atom stereocenters. The molecule has 1 nitrogen and oxygen atoms in total. The lowest BCUT2D eigenvalue weighted by atomic mass is 10.0. The summed E-state index contributed by atoms with van der Waals surface area (Å²) >= 11 is 10.2. The highest BCUT2D eigenvalue weighted by atomic mass is 79.9. The Hall–Kier alpha value is -0.450. The van der Waals surface area contributed by atoms with Gasteiger partial charge < -0.3 is 0 Å². The standard InChI is InChI=1S/C17H17Br3O/c1-4-12-6-8-13(9-7-12)16(21)14(5-2)15(18)10-11(3)17(19)20/h5-10,17H,3-4H2,1-2H3/b14-5+,15-10+. The number of hydrogen-bond donors (Lipinski definition) is 0. The van der Waals surface area contributed by atoms with E-state index >= 15 is 0 Å². The minimum Gasteiger partial charge on any atom is -0.289 e. The molecule has 0 aliphatic rings. The number of benzene rings is 1. The van der Waals surface area contributed by atoms with E-state index in [9.17, 15) is 4.79 Å². The fourth-order valence-electron chi connectivity index (χ4n) is 1.73. The first-order valence-electron chi connectivity index (χ1n) is 6.55. The molecule has 0 unspecified atom stereocenters. The van der Waals surface area contributed by atoms with Crippen LogP contribution in [0, 0.1) is 0 Å². The molecule has 0 aliphatic carbocycles. The maximum atomic E-state index is 12.6. The van der Waals surface area contributed by atoms with Crippen LogP contribution in [0.3, 0.4) is 0 Å². The lowest BCUT2D eigenvalue weighted by molar-refractivity contribution is 0.103. The Morgan fingerprint density at radius 2 is 1.86 bits per heavy atom. The zero-order valence-corrected chi connectivity index (χ0v) is 16.8. The number of carbonyl (C=O) groups excluding carboxylic acids is 1. The topological polar surface area (TPSA) is 17.1 Å². The Labute approximate surface area is 151 Å². The van der Waals surface area contributed by atoms with Gasteiger partial charge in [0.1, 0.15) is 0 Å². The Balaban J connectivity index is 3.04. The summed E-state index contributed by atoms with van der Waals surface area (Å²) in [4.78, 5) is 12.6. The fraction of sp³-hybridized carbons (Fsp3) is 0.235. The van der Waals surface area contributed by atoms with Crippen molar-refractivity contribution in [2.24, 2.45) is 0 Å². The number of rotatable bonds is 6. The van der Waals surface area contributed by atoms with E-state index in [1.54, 1.807) is 6.08 Å². The smallest absolute Gasteiger partial charge is 0.193 e. The molecule has 0 fully saturated rings. The first kappa shape index (κ1) is 18.6. The third-order valence-electron chi connectivity index (χ3n) is 3.01. The van der Waals surface area contributed by atoms with Crippen LogP contribution >= 0.6 is 47.8 Å². The second-order valence-corrected chi connectivity index (χ2v) is 8.36. The van der Waals surface area contributed by atoms with E-state index in [1.807, 2.05) is 37.3 Å². The number of ketones is 1. The van der Waals surface area contributed by atoms with Crippen LogP contribution in [0.25, 0.3) is 0 Å². The summed E-state index contributed by atoms with van der Waals surface area (Å²) in [6.07, 6.45) is 4.61. The van der Waals surface area contributed by atoms with Gasteiger partial charge in [0.2, 0.25) is 0 Å². The molecule has 1 aromatic rings. The van der Waals surface area contributed by atoms with Crippen LogP contribution < -0.4 is 0 Å². The minimum atomic E-state index is -0.0189. The van der Waals surface area contributed by atoms with E-state index in [1.165, 1.54) is 5.56 Å². The molecule has 4 heteroatoms. The molecule has 0 heterocycles. The first-order chi connectivity index (χ1) is 9.90. The minimum absolute atomic E-state index is 0.00299. The molecule has 0 radical (unpaired) electrons. The summed E-state index contributed by atoms with van der Waals surface area (Å²) in [6, 6.07) is 7.73. The molecule has 0 saturated carbocycles. The van der Waals surface area contributed by atoms with Gasteiger partial charge in [0.25, 0.3) is 0 Å². The largest absolute Gasteiger partial charge is 0.289 e. The summed E-state index contributed by atoms with van der Waals surface area (Å²) in [6.45, 7) is 7.87. The SMILES string of the molecule is C=C(/C=C(Br)\C(=C/C)C(=O)c1ccc(CC)cc1)C(Br)Br. The van der Waals surface area contributed by atoms with Gasteiger partial charge in [-0.1, -0.05) is 91.6 Å². The Bertz CT molecular complexity index is 581. The van der Waals surface area contributed by atoms with Crippen LogP contribution in [0.4, 0.5) is 0 Å². The van der Waals surface area contributed by atoms with E-state index in [-0.39, 0.29) is 9.52 Å². The number of carbonyl (C=O) groups is 1. The normalized spacial score (nSPS) is 12.7. The summed E-state index contributed by atoms with van der Waals surface area (Å²) in [5.41, 5.74) is 3.36. The molecule has 1 rings (SSSR count). The lowest BCUT2D eigenvalue weighted by Gasteiger charge is -2.08. The van der Waals surface area contributed by atoms with Crippen molar-refractivity contribution in [3.05, 3.63) is 69.8 Å². The third-order valence-corrected chi connectivity index (χ3v) is 4.84. The van der Waals surface area contributed by atoms with Crippen molar-refractivity contribution in [2.45, 2.75) is 24.0 Å². The van der Waals surface area contributed by atoms with Crippen molar-refractivity contribution in [1.29, 1.82) is 0 Å². The quantitative estimate of drug-likeness (QED) is 0.203. The van der Waals surface area contributed by atoms with Crippen molar-refractivity contribution in [3.8, 4) is 0 Å². The molecule has 0 saturated heterocycles. The van der Waals surface area contributed by atoms with Gasteiger partial charge in [-0.3, -0.25) is 4.79 Å². The van der Waals surface area contributed by atoms with Gasteiger partial charge in [-0.15, -0.1) is 0 Å². The van der Waals surface area contributed by atoms with Crippen molar-refractivity contribution in [1.82, 2.24) is 0 Å². The maximum Gasteiger partial charge on any atom is 0.193 e. The number of alkyl halides is 2. The van der Waals surface area contributed by atoms with Gasteiger partial charge >= 0.3 is 0 Å². The van der Waals surface area contributed by atoms with Gasteiger partial charge in [0.15, 0.2) is 5.78 Å². The third kappa shape index (κ3) is 5.35. The highest BCUT2D eigenvalue weighted by molar-refractivity contribution is 9.24. The van der Waals surface area contributed by atoms with Crippen LogP contribution in [0.15, 0.2) is 58.6 Å². The van der Waals surface area contributed by atoms with Crippen LogP contribution in [-0.2, 0) is 6.42 Å². The predicted molar refractivity (Wildman–Crippen MR) is 102 cm³/mol. The maximum absolute atomic E-state index is 12.6. The number of hydrogen-bond acceptors (Lipinski definition) is 1. The molecule has 1 aromatic carbocycles. The van der Waals surface area contributed by atoms with Crippen molar-refractivity contribution in [2.75, 3.05) is 0 Å². The highest BCUT2D eigenvalue weighted by Gasteiger charge is 2.15. The zero-order chi connectivity index (χ0) is 16.0. The predicted octanol–water partition coefficient (Wildman–Crippen LogP) is 6.33. The van der Waals surface area contributed by atoms with E-state index in [4.69, 9.17) is 0 Å². The van der Waals surface area contributed by atoms with Crippen molar-refractivity contribution in [3.63, 3.8) is 0 Å². The summed E-state index contributed by atoms with van der Waals surface area (Å²) < 4.78 is 0.707. The monoisotopic (exact) mass is 474 g/mol. The molecule has 0 spiro atoms. The number of halogens is 3. The van der Waals surface area contributed by atoms with Gasteiger partial charge in [-0.2, -0.15) is 0 Å². The number of allylic oxidation sites excluding steroid dienone is 5. The average Bonchev–Trinajstić information content (AvgIpc) is 2.47. The summed E-state index contributed by atoms with van der Waals surface area (Å²) in [7, 11) is 0. The van der Waals surface area contributed by atoms with E-state index in [2.05, 4.69) is 61.3 Å². The lowest BCUT2D eigenvalue weighted by Crippen LogP contribution is -2.04. The molecule has 0 aliphatic heterocycles. The van der Waals surface area contributed by atoms with Gasteiger partial charge in [-0.25, -0.2) is 0 Å².